The van der Waals surface area contributed by atoms with Crippen LogP contribution in [0, 0.1) is 0 Å². The number of carbonyl (C=O) groups excluding carboxylic acids is 1. The molecule has 2 bridgehead atoms. The molecule has 9 heteroatoms. The van der Waals surface area contributed by atoms with Gasteiger partial charge in [0.2, 0.25) is 5.95 Å². The zero-order chi connectivity index (χ0) is 17.7. The van der Waals surface area contributed by atoms with Gasteiger partial charge in [0.05, 0.1) is 21.2 Å². The van der Waals surface area contributed by atoms with Crippen molar-refractivity contribution in [2.75, 3.05) is 23.3 Å². The average Bonchev–Trinajstić information content (AvgIpc) is 3.28. The fourth-order valence-electron chi connectivity index (χ4n) is 3.72. The number of piperazine rings is 1. The molecular weight excluding hydrogens is 416 g/mol. The summed E-state index contributed by atoms with van der Waals surface area (Å²) in [5, 5.41) is 13.1. The van der Waals surface area contributed by atoms with Crippen LogP contribution in [0.4, 0.5) is 11.6 Å². The number of anilines is 2. The first-order valence-corrected chi connectivity index (χ1v) is 10.3. The summed E-state index contributed by atoms with van der Waals surface area (Å²) in [6.07, 6.45) is 4.15. The molecule has 3 saturated heterocycles. The van der Waals surface area contributed by atoms with Gasteiger partial charge in [-0.05, 0) is 52.4 Å². The van der Waals surface area contributed by atoms with Crippen LogP contribution in [0.15, 0.2) is 33.6 Å². The van der Waals surface area contributed by atoms with Crippen molar-refractivity contribution in [3.63, 3.8) is 0 Å². The van der Waals surface area contributed by atoms with Gasteiger partial charge < -0.3 is 15.5 Å². The predicted octanol–water partition coefficient (Wildman–Crippen LogP) is 2.75. The molecule has 0 aliphatic carbocycles. The highest BCUT2D eigenvalue weighted by Crippen LogP contribution is 2.29. The van der Waals surface area contributed by atoms with Crippen LogP contribution in [0.1, 0.15) is 23.3 Å². The lowest BCUT2D eigenvalue weighted by molar-refractivity contribution is 0.102. The lowest BCUT2D eigenvalue weighted by Crippen LogP contribution is -2.61. The number of nitrogens with zero attached hydrogens (tertiary/aromatic N) is 4. The standard InChI is InChI=1S/C17H17BrN6OS/c18-15-13(5-6-26-15)21-16(25)14-4-3-12-8-20-17(22-24(12)14)23-9-10-1-2-11(23)7-19-10/h3-6,8,10-11,19H,1-2,7,9H2,(H,21,25)/t10-,11-/m0/s1. The van der Waals surface area contributed by atoms with Gasteiger partial charge in [-0.3, -0.25) is 4.79 Å². The highest BCUT2D eigenvalue weighted by atomic mass is 79.9. The van der Waals surface area contributed by atoms with Crippen LogP contribution in [0.5, 0.6) is 0 Å². The molecule has 26 heavy (non-hydrogen) atoms. The molecule has 7 nitrogen and oxygen atoms in total. The minimum absolute atomic E-state index is 0.185. The monoisotopic (exact) mass is 432 g/mol. The van der Waals surface area contributed by atoms with Crippen molar-refractivity contribution in [3.05, 3.63) is 39.3 Å². The fourth-order valence-corrected chi connectivity index (χ4v) is 4.84. The molecule has 1 amide bonds. The van der Waals surface area contributed by atoms with Crippen LogP contribution in [0.3, 0.4) is 0 Å². The number of rotatable bonds is 3. The third-order valence-corrected chi connectivity index (χ3v) is 6.78. The number of hydrogen-bond donors (Lipinski definition) is 2. The molecule has 2 atom stereocenters. The molecule has 3 aromatic heterocycles. The highest BCUT2D eigenvalue weighted by Gasteiger charge is 2.35. The Labute approximate surface area is 162 Å². The summed E-state index contributed by atoms with van der Waals surface area (Å²) in [5.74, 6) is 0.506. The van der Waals surface area contributed by atoms with Crippen molar-refractivity contribution in [2.45, 2.75) is 24.9 Å². The number of halogens is 1. The largest absolute Gasteiger partial charge is 0.334 e. The van der Waals surface area contributed by atoms with E-state index in [1.807, 2.05) is 17.5 Å². The molecule has 0 spiro atoms. The lowest BCUT2D eigenvalue weighted by atomic mass is 9.93. The van der Waals surface area contributed by atoms with Crippen molar-refractivity contribution in [2.24, 2.45) is 0 Å². The second-order valence-electron chi connectivity index (χ2n) is 6.66. The van der Waals surface area contributed by atoms with Crippen LogP contribution in [-0.2, 0) is 0 Å². The minimum atomic E-state index is -0.185. The van der Waals surface area contributed by atoms with Crippen LogP contribution < -0.4 is 15.5 Å². The number of hydrogen-bond acceptors (Lipinski definition) is 6. The predicted molar refractivity (Wildman–Crippen MR) is 105 cm³/mol. The molecular formula is C17H17BrN6OS. The molecule has 0 saturated carbocycles. The number of aromatic nitrogens is 3. The molecule has 6 heterocycles. The van der Waals surface area contributed by atoms with E-state index < -0.39 is 0 Å². The molecule has 3 aliphatic heterocycles. The second-order valence-corrected chi connectivity index (χ2v) is 8.90. The Balaban J connectivity index is 1.47. The molecule has 3 fully saturated rings. The van der Waals surface area contributed by atoms with Gasteiger partial charge in [-0.2, -0.15) is 0 Å². The molecule has 134 valence electrons. The molecule has 0 aromatic carbocycles. The summed E-state index contributed by atoms with van der Waals surface area (Å²) in [7, 11) is 0. The van der Waals surface area contributed by atoms with E-state index in [9.17, 15) is 4.79 Å². The third-order valence-electron chi connectivity index (χ3n) is 5.09. The summed E-state index contributed by atoms with van der Waals surface area (Å²) < 4.78 is 2.59. The van der Waals surface area contributed by atoms with E-state index >= 15 is 0 Å². The van der Waals surface area contributed by atoms with E-state index in [-0.39, 0.29) is 5.91 Å². The maximum absolute atomic E-state index is 12.7. The maximum Gasteiger partial charge on any atom is 0.274 e. The van der Waals surface area contributed by atoms with Crippen molar-refractivity contribution in [1.29, 1.82) is 0 Å². The van der Waals surface area contributed by atoms with Crippen molar-refractivity contribution in [3.8, 4) is 0 Å². The number of fused-ring (bicyclic) bond motifs is 4. The van der Waals surface area contributed by atoms with Gasteiger partial charge in [-0.25, -0.2) is 9.50 Å². The first kappa shape index (κ1) is 16.2. The van der Waals surface area contributed by atoms with E-state index in [1.54, 1.807) is 16.8 Å². The van der Waals surface area contributed by atoms with Crippen LogP contribution in [0.25, 0.3) is 5.52 Å². The van der Waals surface area contributed by atoms with E-state index in [4.69, 9.17) is 0 Å². The molecule has 6 rings (SSSR count). The lowest BCUT2D eigenvalue weighted by Gasteiger charge is -2.45. The Bertz CT molecular complexity index is 977. The Morgan fingerprint density at radius 3 is 2.96 bits per heavy atom. The number of thiophene rings is 1. The first-order valence-electron chi connectivity index (χ1n) is 8.58. The summed E-state index contributed by atoms with van der Waals surface area (Å²) in [6.45, 7) is 1.89. The summed E-state index contributed by atoms with van der Waals surface area (Å²) in [4.78, 5) is 19.5. The zero-order valence-corrected chi connectivity index (χ0v) is 16.3. The van der Waals surface area contributed by atoms with Gasteiger partial charge in [0.15, 0.2) is 0 Å². The number of nitrogens with one attached hydrogen (secondary N) is 2. The first-order chi connectivity index (χ1) is 12.7. The van der Waals surface area contributed by atoms with E-state index in [1.165, 1.54) is 17.8 Å². The maximum atomic E-state index is 12.7. The average molecular weight is 433 g/mol. The number of amides is 1. The molecule has 2 N–H and O–H groups in total. The minimum Gasteiger partial charge on any atom is -0.334 e. The topological polar surface area (TPSA) is 74.6 Å². The van der Waals surface area contributed by atoms with Crippen LogP contribution >= 0.6 is 27.3 Å². The van der Waals surface area contributed by atoms with Crippen molar-refractivity contribution in [1.82, 2.24) is 19.9 Å². The Kier molecular flexibility index (Phi) is 3.95. The summed E-state index contributed by atoms with van der Waals surface area (Å²) in [6, 6.07) is 6.45. The van der Waals surface area contributed by atoms with Gasteiger partial charge in [0, 0.05) is 25.2 Å². The zero-order valence-electron chi connectivity index (χ0n) is 13.9. The van der Waals surface area contributed by atoms with Gasteiger partial charge in [-0.15, -0.1) is 16.4 Å². The van der Waals surface area contributed by atoms with E-state index in [0.29, 0.717) is 23.7 Å². The van der Waals surface area contributed by atoms with Gasteiger partial charge in [0.1, 0.15) is 5.69 Å². The number of piperidine rings is 2. The Morgan fingerprint density at radius 2 is 2.27 bits per heavy atom. The van der Waals surface area contributed by atoms with Crippen LogP contribution in [0.2, 0.25) is 0 Å². The molecule has 0 unspecified atom stereocenters. The molecule has 0 radical (unpaired) electrons. The van der Waals surface area contributed by atoms with E-state index in [2.05, 4.69) is 41.5 Å². The fraction of sp³-hybridized carbons (Fsp3) is 0.353. The van der Waals surface area contributed by atoms with Gasteiger partial charge >= 0.3 is 0 Å². The van der Waals surface area contributed by atoms with Gasteiger partial charge in [0.25, 0.3) is 5.91 Å². The van der Waals surface area contributed by atoms with E-state index in [0.717, 1.165) is 34.5 Å². The SMILES string of the molecule is O=C(Nc1ccsc1Br)c1ccc2cnc(N3C[C@@H]4CC[C@H]3CN4)nn12. The Morgan fingerprint density at radius 1 is 1.35 bits per heavy atom. The van der Waals surface area contributed by atoms with Gasteiger partial charge in [-0.1, -0.05) is 0 Å². The highest BCUT2D eigenvalue weighted by molar-refractivity contribution is 9.11. The summed E-state index contributed by atoms with van der Waals surface area (Å²) in [5.41, 5.74) is 2.08. The van der Waals surface area contributed by atoms with Crippen LogP contribution in [-0.4, -0.2) is 45.7 Å². The third kappa shape index (κ3) is 2.70. The van der Waals surface area contributed by atoms with Crippen molar-refractivity contribution < 1.29 is 4.79 Å². The second kappa shape index (κ2) is 6.33. The number of carbonyl (C=O) groups is 1. The normalized spacial score (nSPS) is 22.1. The van der Waals surface area contributed by atoms with Crippen molar-refractivity contribution >= 4 is 50.3 Å². The molecule has 3 aromatic rings. The quantitative estimate of drug-likeness (QED) is 0.665. The summed E-state index contributed by atoms with van der Waals surface area (Å²) >= 11 is 4.98. The molecule has 3 aliphatic rings. The Hall–Kier alpha value is -1.97. The smallest absolute Gasteiger partial charge is 0.274 e.